The number of nitrogens with one attached hydrogen (secondary N) is 1. The molecular weight excluding hydrogens is 400 g/mol. The lowest BCUT2D eigenvalue weighted by atomic mass is 9.87. The molecule has 0 amide bonds. The lowest BCUT2D eigenvalue weighted by molar-refractivity contribution is 0.324. The Morgan fingerprint density at radius 1 is 1.00 bits per heavy atom. The lowest BCUT2D eigenvalue weighted by Crippen LogP contribution is -2.10. The van der Waals surface area contributed by atoms with E-state index in [4.69, 9.17) is 26.4 Å². The van der Waals surface area contributed by atoms with Crippen LogP contribution >= 0.6 is 12.2 Å². The van der Waals surface area contributed by atoms with Gasteiger partial charge in [-0.3, -0.25) is 0 Å². The fraction of sp³-hybridized carbons (Fsp3) is 0.318. The zero-order valence-corrected chi connectivity index (χ0v) is 18.8. The summed E-state index contributed by atoms with van der Waals surface area (Å²) in [4.78, 5) is 0. The van der Waals surface area contributed by atoms with E-state index in [0.29, 0.717) is 27.8 Å². The molecule has 2 aromatic carbocycles. The molecule has 0 fully saturated rings. The summed E-state index contributed by atoms with van der Waals surface area (Å²) in [6.07, 6.45) is 1.67. The number of H-pyrrole nitrogens is 1. The van der Waals surface area contributed by atoms with Gasteiger partial charge in [-0.2, -0.15) is 14.9 Å². The molecule has 30 heavy (non-hydrogen) atoms. The van der Waals surface area contributed by atoms with Gasteiger partial charge in [-0.15, -0.1) is 0 Å². The van der Waals surface area contributed by atoms with Crippen molar-refractivity contribution in [1.29, 1.82) is 0 Å². The van der Waals surface area contributed by atoms with Gasteiger partial charge in [0.25, 0.3) is 0 Å². The predicted molar refractivity (Wildman–Crippen MR) is 121 cm³/mol. The quantitative estimate of drug-likeness (QED) is 0.452. The van der Waals surface area contributed by atoms with Gasteiger partial charge in [0.2, 0.25) is 10.5 Å². The van der Waals surface area contributed by atoms with Crippen molar-refractivity contribution in [3.05, 3.63) is 52.3 Å². The second kappa shape index (κ2) is 8.71. The molecule has 8 heteroatoms. The number of nitrogens with zero attached hydrogens (tertiary/aromatic N) is 3. The van der Waals surface area contributed by atoms with Crippen LogP contribution in [-0.4, -0.2) is 42.4 Å². The molecule has 0 atom stereocenters. The molecule has 0 aliphatic heterocycles. The summed E-state index contributed by atoms with van der Waals surface area (Å²) >= 11 is 5.37. The molecule has 3 aromatic rings. The molecular formula is C22H26N4O3S. The molecule has 0 saturated heterocycles. The molecule has 1 heterocycles. The first kappa shape index (κ1) is 21.6. The number of hydrogen-bond acceptors (Lipinski definition) is 6. The normalized spacial score (nSPS) is 11.7. The number of hydrogen-bond donors (Lipinski definition) is 1. The molecule has 158 valence electrons. The smallest absolute Gasteiger partial charge is 0.216 e. The summed E-state index contributed by atoms with van der Waals surface area (Å²) in [6.45, 7) is 6.54. The minimum Gasteiger partial charge on any atom is -0.493 e. The Hall–Kier alpha value is -3.13. The third kappa shape index (κ3) is 4.38. The van der Waals surface area contributed by atoms with Crippen molar-refractivity contribution in [1.82, 2.24) is 14.9 Å². The third-order valence-electron chi connectivity index (χ3n) is 4.67. The van der Waals surface area contributed by atoms with Gasteiger partial charge in [-0.05, 0) is 35.3 Å². The molecule has 0 saturated carbocycles. The fourth-order valence-electron chi connectivity index (χ4n) is 3.01. The number of aromatic nitrogens is 3. The molecule has 0 aliphatic rings. The highest BCUT2D eigenvalue weighted by Crippen LogP contribution is 2.37. The van der Waals surface area contributed by atoms with E-state index in [0.717, 1.165) is 11.1 Å². The van der Waals surface area contributed by atoms with E-state index < -0.39 is 0 Å². The summed E-state index contributed by atoms with van der Waals surface area (Å²) < 4.78 is 18.1. The van der Waals surface area contributed by atoms with Crippen LogP contribution in [0.15, 0.2) is 41.5 Å². The number of aromatic amines is 1. The Bertz CT molecular complexity index is 1080. The van der Waals surface area contributed by atoms with Gasteiger partial charge < -0.3 is 14.2 Å². The summed E-state index contributed by atoms with van der Waals surface area (Å²) in [5, 5.41) is 11.7. The van der Waals surface area contributed by atoms with Gasteiger partial charge in [0.05, 0.1) is 27.5 Å². The Labute approximate surface area is 181 Å². The molecule has 0 bridgehead atoms. The minimum absolute atomic E-state index is 0.0773. The van der Waals surface area contributed by atoms with E-state index in [1.54, 1.807) is 32.2 Å². The van der Waals surface area contributed by atoms with E-state index in [2.05, 4.69) is 48.2 Å². The van der Waals surface area contributed by atoms with E-state index >= 15 is 0 Å². The zero-order chi connectivity index (χ0) is 21.9. The molecule has 0 unspecified atom stereocenters. The van der Waals surface area contributed by atoms with Gasteiger partial charge in [-0.25, -0.2) is 5.10 Å². The predicted octanol–water partition coefficient (Wildman–Crippen LogP) is 4.81. The van der Waals surface area contributed by atoms with Crippen LogP contribution in [0.3, 0.4) is 0 Å². The SMILES string of the molecule is COc1cc(C=Nn2c(-c3ccc(C(C)(C)C)cc3)n[nH]c2=S)cc(OC)c1OC. The summed E-state index contributed by atoms with van der Waals surface area (Å²) in [5.41, 5.74) is 3.00. The maximum atomic E-state index is 5.40. The van der Waals surface area contributed by atoms with Gasteiger partial charge in [0.1, 0.15) is 0 Å². The molecule has 1 N–H and O–H groups in total. The van der Waals surface area contributed by atoms with Crippen LogP contribution in [0.1, 0.15) is 31.9 Å². The molecule has 0 spiro atoms. The van der Waals surface area contributed by atoms with Crippen molar-refractivity contribution in [2.75, 3.05) is 21.3 Å². The monoisotopic (exact) mass is 426 g/mol. The van der Waals surface area contributed by atoms with Crippen molar-refractivity contribution in [3.63, 3.8) is 0 Å². The minimum atomic E-state index is 0.0773. The molecule has 3 rings (SSSR count). The number of methoxy groups -OCH3 is 3. The second-order valence-electron chi connectivity index (χ2n) is 7.69. The van der Waals surface area contributed by atoms with Crippen LogP contribution in [0.25, 0.3) is 11.4 Å². The molecule has 0 radical (unpaired) electrons. The van der Waals surface area contributed by atoms with E-state index in [9.17, 15) is 0 Å². The summed E-state index contributed by atoms with van der Waals surface area (Å²) in [6, 6.07) is 11.9. The summed E-state index contributed by atoms with van der Waals surface area (Å²) in [5.74, 6) is 2.25. The van der Waals surface area contributed by atoms with Crippen molar-refractivity contribution in [3.8, 4) is 28.6 Å². The average molecular weight is 427 g/mol. The van der Waals surface area contributed by atoms with Gasteiger partial charge in [0, 0.05) is 11.1 Å². The average Bonchev–Trinajstić information content (AvgIpc) is 3.11. The van der Waals surface area contributed by atoms with Crippen LogP contribution in [0, 0.1) is 4.77 Å². The zero-order valence-electron chi connectivity index (χ0n) is 18.0. The Morgan fingerprint density at radius 2 is 1.60 bits per heavy atom. The maximum Gasteiger partial charge on any atom is 0.216 e. The van der Waals surface area contributed by atoms with E-state index in [1.807, 2.05) is 24.3 Å². The standard InChI is InChI=1S/C22H26N4O3S/c1-22(2,3)16-9-7-15(8-10-16)20-24-25-21(30)26(20)23-13-14-11-17(27-4)19(29-6)18(12-14)28-5/h7-13H,1-6H3,(H,25,30). The Balaban J connectivity index is 1.98. The van der Waals surface area contributed by atoms with Crippen LogP contribution < -0.4 is 14.2 Å². The van der Waals surface area contributed by atoms with Crippen molar-refractivity contribution in [2.24, 2.45) is 5.10 Å². The maximum absolute atomic E-state index is 5.40. The van der Waals surface area contributed by atoms with Crippen LogP contribution in [0.5, 0.6) is 17.2 Å². The van der Waals surface area contributed by atoms with E-state index in [-0.39, 0.29) is 5.41 Å². The topological polar surface area (TPSA) is 73.7 Å². The number of ether oxygens (including phenoxy) is 3. The fourth-order valence-corrected chi connectivity index (χ4v) is 3.18. The first-order chi connectivity index (χ1) is 14.3. The van der Waals surface area contributed by atoms with Crippen LogP contribution in [0.2, 0.25) is 0 Å². The van der Waals surface area contributed by atoms with Crippen LogP contribution in [-0.2, 0) is 5.41 Å². The highest BCUT2D eigenvalue weighted by Gasteiger charge is 2.15. The van der Waals surface area contributed by atoms with Gasteiger partial charge in [-0.1, -0.05) is 45.0 Å². The van der Waals surface area contributed by atoms with E-state index in [1.165, 1.54) is 5.56 Å². The summed E-state index contributed by atoms with van der Waals surface area (Å²) in [7, 11) is 4.71. The second-order valence-corrected chi connectivity index (χ2v) is 8.08. The van der Waals surface area contributed by atoms with Crippen LogP contribution in [0.4, 0.5) is 0 Å². The molecule has 0 aliphatic carbocycles. The van der Waals surface area contributed by atoms with Crippen molar-refractivity contribution in [2.45, 2.75) is 26.2 Å². The molecule has 7 nitrogen and oxygen atoms in total. The van der Waals surface area contributed by atoms with Crippen molar-refractivity contribution < 1.29 is 14.2 Å². The first-order valence-electron chi connectivity index (χ1n) is 9.41. The lowest BCUT2D eigenvalue weighted by Gasteiger charge is -2.18. The van der Waals surface area contributed by atoms with Crippen molar-refractivity contribution >= 4 is 18.4 Å². The van der Waals surface area contributed by atoms with Gasteiger partial charge in [0.15, 0.2) is 17.3 Å². The number of rotatable bonds is 6. The Morgan fingerprint density at radius 3 is 2.10 bits per heavy atom. The largest absolute Gasteiger partial charge is 0.493 e. The number of benzene rings is 2. The molecule has 1 aromatic heterocycles. The highest BCUT2D eigenvalue weighted by atomic mass is 32.1. The third-order valence-corrected chi connectivity index (χ3v) is 4.93. The Kier molecular flexibility index (Phi) is 6.26. The van der Waals surface area contributed by atoms with Gasteiger partial charge >= 0.3 is 0 Å². The first-order valence-corrected chi connectivity index (χ1v) is 9.82. The highest BCUT2D eigenvalue weighted by molar-refractivity contribution is 7.71.